The summed E-state index contributed by atoms with van der Waals surface area (Å²) in [5.74, 6) is 0.246. The van der Waals surface area contributed by atoms with Crippen LogP contribution in [-0.4, -0.2) is 31.6 Å². The molecule has 0 aromatic carbocycles. The minimum Gasteiger partial charge on any atom is -0.328 e. The van der Waals surface area contributed by atoms with E-state index in [1.165, 1.54) is 0 Å². The van der Waals surface area contributed by atoms with Crippen molar-refractivity contribution in [1.29, 1.82) is 0 Å². The third-order valence-corrected chi connectivity index (χ3v) is 4.90. The van der Waals surface area contributed by atoms with Crippen LogP contribution in [0.3, 0.4) is 0 Å². The van der Waals surface area contributed by atoms with Crippen LogP contribution in [0, 0.1) is 0 Å². The molecule has 3 nitrogen and oxygen atoms in total. The van der Waals surface area contributed by atoms with Crippen LogP contribution < -0.4 is 5.73 Å². The van der Waals surface area contributed by atoms with E-state index in [1.54, 1.807) is 6.92 Å². The molecule has 90 valence electrons. The van der Waals surface area contributed by atoms with Crippen LogP contribution in [0.25, 0.3) is 0 Å². The Bertz CT molecular complexity index is 305. The number of hydrogen-bond acceptors (Lipinski definition) is 3. The van der Waals surface area contributed by atoms with Crippen molar-refractivity contribution < 1.29 is 12.8 Å². The van der Waals surface area contributed by atoms with Gasteiger partial charge >= 0.3 is 0 Å². The number of rotatable bonds is 5. The van der Waals surface area contributed by atoms with Gasteiger partial charge in [-0.15, -0.1) is 0 Å². The highest BCUT2D eigenvalue weighted by Gasteiger charge is 2.37. The number of hydrogen-bond donors (Lipinski definition) is 1. The molecule has 5 heteroatoms. The van der Waals surface area contributed by atoms with Gasteiger partial charge in [-0.3, -0.25) is 0 Å². The second-order valence-corrected chi connectivity index (χ2v) is 6.97. The number of alkyl halides is 1. The zero-order chi connectivity index (χ0) is 11.5. The molecule has 1 saturated carbocycles. The zero-order valence-electron chi connectivity index (χ0n) is 9.21. The first-order valence-corrected chi connectivity index (χ1v) is 7.34. The standard InChI is InChI=1S/C10H20FNO2S/c1-2-15(13,14)7-3-5-10(11)6-4-9(12)8-10/h9H,2-8,12H2,1H3. The fourth-order valence-corrected chi connectivity index (χ4v) is 2.97. The van der Waals surface area contributed by atoms with Crippen molar-refractivity contribution in [2.24, 2.45) is 5.73 Å². The van der Waals surface area contributed by atoms with Crippen molar-refractivity contribution in [2.45, 2.75) is 50.7 Å². The molecule has 2 unspecified atom stereocenters. The van der Waals surface area contributed by atoms with Gasteiger partial charge in [-0.25, -0.2) is 12.8 Å². The topological polar surface area (TPSA) is 60.2 Å². The highest BCUT2D eigenvalue weighted by Crippen LogP contribution is 2.36. The molecule has 0 aliphatic heterocycles. The summed E-state index contributed by atoms with van der Waals surface area (Å²) >= 11 is 0. The van der Waals surface area contributed by atoms with Gasteiger partial charge in [-0.05, 0) is 32.1 Å². The van der Waals surface area contributed by atoms with Crippen LogP contribution >= 0.6 is 0 Å². The molecule has 1 rings (SSSR count). The quantitative estimate of drug-likeness (QED) is 0.786. The largest absolute Gasteiger partial charge is 0.328 e. The molecule has 0 radical (unpaired) electrons. The van der Waals surface area contributed by atoms with Gasteiger partial charge in [0.25, 0.3) is 0 Å². The molecule has 0 heterocycles. The molecule has 0 saturated heterocycles. The fraction of sp³-hybridized carbons (Fsp3) is 1.00. The molecule has 1 aliphatic carbocycles. The molecular formula is C10H20FNO2S. The smallest absolute Gasteiger partial charge is 0.150 e. The summed E-state index contributed by atoms with van der Waals surface area (Å²) in [6.07, 6.45) is 2.34. The Hall–Kier alpha value is -0.160. The summed E-state index contributed by atoms with van der Waals surface area (Å²) in [4.78, 5) is 0. The Kier molecular flexibility index (Phi) is 4.12. The van der Waals surface area contributed by atoms with Crippen LogP contribution in [0.15, 0.2) is 0 Å². The lowest BCUT2D eigenvalue weighted by molar-refractivity contribution is 0.156. The van der Waals surface area contributed by atoms with Gasteiger partial charge < -0.3 is 5.73 Å². The van der Waals surface area contributed by atoms with E-state index < -0.39 is 15.5 Å². The van der Waals surface area contributed by atoms with Gasteiger partial charge in [0.15, 0.2) is 0 Å². The van der Waals surface area contributed by atoms with E-state index in [0.717, 1.165) is 6.42 Å². The van der Waals surface area contributed by atoms with Crippen LogP contribution in [0.1, 0.15) is 39.0 Å². The fourth-order valence-electron chi connectivity index (χ4n) is 2.10. The number of sulfone groups is 1. The van der Waals surface area contributed by atoms with E-state index in [4.69, 9.17) is 5.73 Å². The van der Waals surface area contributed by atoms with E-state index in [0.29, 0.717) is 25.7 Å². The van der Waals surface area contributed by atoms with Crippen molar-refractivity contribution >= 4 is 9.84 Å². The molecule has 0 amide bonds. The third-order valence-electron chi connectivity index (χ3n) is 3.11. The Morgan fingerprint density at radius 3 is 2.67 bits per heavy atom. The second kappa shape index (κ2) is 4.78. The van der Waals surface area contributed by atoms with Crippen molar-refractivity contribution in [3.63, 3.8) is 0 Å². The Balaban J connectivity index is 2.32. The molecule has 1 aliphatic rings. The van der Waals surface area contributed by atoms with E-state index in [-0.39, 0.29) is 17.5 Å². The lowest BCUT2D eigenvalue weighted by atomic mass is 9.98. The molecule has 1 fully saturated rings. The number of halogens is 1. The Morgan fingerprint density at radius 1 is 1.53 bits per heavy atom. The Labute approximate surface area is 91.1 Å². The van der Waals surface area contributed by atoms with Gasteiger partial charge in [0.2, 0.25) is 0 Å². The van der Waals surface area contributed by atoms with Crippen LogP contribution in [-0.2, 0) is 9.84 Å². The average Bonchev–Trinajstić information content (AvgIpc) is 2.46. The monoisotopic (exact) mass is 237 g/mol. The van der Waals surface area contributed by atoms with Gasteiger partial charge in [-0.1, -0.05) is 6.92 Å². The minimum absolute atomic E-state index is 0.0437. The van der Waals surface area contributed by atoms with Gasteiger partial charge in [0.1, 0.15) is 15.5 Å². The van der Waals surface area contributed by atoms with E-state index in [1.807, 2.05) is 0 Å². The summed E-state index contributed by atoms with van der Waals surface area (Å²) in [5.41, 5.74) is 4.43. The van der Waals surface area contributed by atoms with E-state index in [9.17, 15) is 12.8 Å². The highest BCUT2D eigenvalue weighted by atomic mass is 32.2. The summed E-state index contributed by atoms with van der Waals surface area (Å²) in [5, 5.41) is 0. The molecule has 0 aromatic heterocycles. The first-order valence-electron chi connectivity index (χ1n) is 5.52. The van der Waals surface area contributed by atoms with Crippen LogP contribution in [0.5, 0.6) is 0 Å². The summed E-state index contributed by atoms with van der Waals surface area (Å²) in [7, 11) is -2.95. The van der Waals surface area contributed by atoms with Crippen LogP contribution in [0.2, 0.25) is 0 Å². The van der Waals surface area contributed by atoms with E-state index in [2.05, 4.69) is 0 Å². The average molecular weight is 237 g/mol. The SMILES string of the molecule is CCS(=O)(=O)CCCC1(F)CCC(N)C1. The maximum Gasteiger partial charge on any atom is 0.150 e. The second-order valence-electron chi connectivity index (χ2n) is 4.49. The van der Waals surface area contributed by atoms with Crippen molar-refractivity contribution in [3.8, 4) is 0 Å². The normalized spacial score (nSPS) is 32.1. The van der Waals surface area contributed by atoms with Crippen molar-refractivity contribution in [1.82, 2.24) is 0 Å². The molecule has 0 spiro atoms. The molecule has 0 aromatic rings. The highest BCUT2D eigenvalue weighted by molar-refractivity contribution is 7.91. The number of nitrogens with two attached hydrogens (primary N) is 1. The maximum atomic E-state index is 14.0. The maximum absolute atomic E-state index is 14.0. The van der Waals surface area contributed by atoms with Gasteiger partial charge in [0.05, 0.1) is 5.75 Å². The van der Waals surface area contributed by atoms with Crippen molar-refractivity contribution in [3.05, 3.63) is 0 Å². The zero-order valence-corrected chi connectivity index (χ0v) is 10.0. The predicted molar refractivity (Wildman–Crippen MR) is 59.2 cm³/mol. The summed E-state index contributed by atoms with van der Waals surface area (Å²) in [6.45, 7) is 1.62. The summed E-state index contributed by atoms with van der Waals surface area (Å²) < 4.78 is 36.4. The Morgan fingerprint density at radius 2 is 2.20 bits per heavy atom. The lowest BCUT2D eigenvalue weighted by Gasteiger charge is -2.18. The van der Waals surface area contributed by atoms with Gasteiger partial charge in [0, 0.05) is 11.8 Å². The molecule has 2 atom stereocenters. The van der Waals surface area contributed by atoms with Crippen molar-refractivity contribution in [2.75, 3.05) is 11.5 Å². The first-order chi connectivity index (χ1) is 6.87. The van der Waals surface area contributed by atoms with E-state index >= 15 is 0 Å². The first kappa shape index (κ1) is 12.9. The molecular weight excluding hydrogens is 217 g/mol. The predicted octanol–water partition coefficient (Wildman–Crippen LogP) is 1.42. The van der Waals surface area contributed by atoms with Gasteiger partial charge in [-0.2, -0.15) is 0 Å². The minimum atomic E-state index is -2.95. The lowest BCUT2D eigenvalue weighted by Crippen LogP contribution is -2.24. The third kappa shape index (κ3) is 4.07. The van der Waals surface area contributed by atoms with Crippen LogP contribution in [0.4, 0.5) is 4.39 Å². The molecule has 15 heavy (non-hydrogen) atoms. The molecule has 2 N–H and O–H groups in total. The summed E-state index contributed by atoms with van der Waals surface area (Å²) in [6, 6.07) is -0.0437. The molecule has 0 bridgehead atoms.